The van der Waals surface area contributed by atoms with Crippen LogP contribution in [0, 0.1) is 12.8 Å². The van der Waals surface area contributed by atoms with E-state index in [1.807, 2.05) is 25.1 Å². The summed E-state index contributed by atoms with van der Waals surface area (Å²) in [6.45, 7) is 4.60. The fraction of sp³-hybridized carbons (Fsp3) is 0.538. The number of hydrogen-bond donors (Lipinski definition) is 1. The van der Waals surface area contributed by atoms with Crippen molar-refractivity contribution in [2.45, 2.75) is 32.8 Å². The molecule has 1 fully saturated rings. The molecule has 2 rings (SSSR count). The van der Waals surface area contributed by atoms with E-state index in [0.29, 0.717) is 0 Å². The van der Waals surface area contributed by atoms with Gasteiger partial charge in [-0.25, -0.2) is 0 Å². The quantitative estimate of drug-likeness (QED) is 0.820. The lowest BCUT2D eigenvalue weighted by atomic mass is 10.1. The first-order chi connectivity index (χ1) is 7.16. The van der Waals surface area contributed by atoms with Crippen LogP contribution in [0.3, 0.4) is 0 Å². The van der Waals surface area contributed by atoms with Crippen LogP contribution in [0.2, 0.25) is 0 Å². The fourth-order valence-electron chi connectivity index (χ4n) is 1.62. The summed E-state index contributed by atoms with van der Waals surface area (Å²) in [7, 11) is 0. The molecule has 82 valence electrons. The van der Waals surface area contributed by atoms with Crippen LogP contribution in [-0.2, 0) is 0 Å². The van der Waals surface area contributed by atoms with Crippen LogP contribution in [0.1, 0.15) is 37.0 Å². The number of aliphatic hydroxyl groups excluding tert-OH is 1. The molecule has 0 unspecified atom stereocenters. The van der Waals surface area contributed by atoms with Crippen molar-refractivity contribution in [1.82, 2.24) is 0 Å². The van der Waals surface area contributed by atoms with Crippen molar-refractivity contribution in [2.24, 2.45) is 5.92 Å². The normalized spacial score (nSPS) is 17.5. The van der Waals surface area contributed by atoms with Crippen molar-refractivity contribution >= 4 is 0 Å². The third-order valence-corrected chi connectivity index (χ3v) is 2.79. The molecule has 0 bridgehead atoms. The van der Waals surface area contributed by atoms with Gasteiger partial charge in [0, 0.05) is 5.56 Å². The molecule has 2 nitrogen and oxygen atoms in total. The van der Waals surface area contributed by atoms with Gasteiger partial charge in [0.15, 0.2) is 0 Å². The van der Waals surface area contributed by atoms with Gasteiger partial charge in [-0.3, -0.25) is 0 Å². The highest BCUT2D eigenvalue weighted by Crippen LogP contribution is 2.32. The van der Waals surface area contributed by atoms with Crippen LogP contribution in [0.25, 0.3) is 0 Å². The Morgan fingerprint density at radius 2 is 2.20 bits per heavy atom. The van der Waals surface area contributed by atoms with Crippen LogP contribution in [-0.4, -0.2) is 11.7 Å². The van der Waals surface area contributed by atoms with Gasteiger partial charge in [0.05, 0.1) is 12.7 Å². The van der Waals surface area contributed by atoms with Crippen LogP contribution in [0.4, 0.5) is 0 Å². The number of benzene rings is 1. The molecule has 0 amide bonds. The average Bonchev–Trinajstić information content (AvgIpc) is 2.99. The zero-order valence-corrected chi connectivity index (χ0v) is 9.36. The highest BCUT2D eigenvalue weighted by atomic mass is 16.5. The highest BCUT2D eigenvalue weighted by molar-refractivity contribution is 5.38. The van der Waals surface area contributed by atoms with Crippen LogP contribution in [0.15, 0.2) is 18.2 Å². The third kappa shape index (κ3) is 2.72. The fourth-order valence-corrected chi connectivity index (χ4v) is 1.62. The second-order valence-corrected chi connectivity index (χ2v) is 4.47. The zero-order chi connectivity index (χ0) is 10.8. The van der Waals surface area contributed by atoms with Crippen LogP contribution >= 0.6 is 0 Å². The van der Waals surface area contributed by atoms with Gasteiger partial charge in [-0.05, 0) is 44.7 Å². The molecule has 1 aromatic rings. The van der Waals surface area contributed by atoms with Gasteiger partial charge >= 0.3 is 0 Å². The minimum Gasteiger partial charge on any atom is -0.493 e. The Bertz CT molecular complexity index is 340. The van der Waals surface area contributed by atoms with Gasteiger partial charge in [0.2, 0.25) is 0 Å². The van der Waals surface area contributed by atoms with Crippen molar-refractivity contribution in [3.05, 3.63) is 29.3 Å². The molecule has 15 heavy (non-hydrogen) atoms. The van der Waals surface area contributed by atoms with Gasteiger partial charge in [-0.15, -0.1) is 0 Å². The number of aliphatic hydroxyl groups is 1. The maximum atomic E-state index is 9.63. The van der Waals surface area contributed by atoms with Crippen molar-refractivity contribution in [1.29, 1.82) is 0 Å². The van der Waals surface area contributed by atoms with E-state index in [9.17, 15) is 5.11 Å². The first kappa shape index (κ1) is 10.5. The number of rotatable bonds is 4. The van der Waals surface area contributed by atoms with E-state index in [1.165, 1.54) is 12.8 Å². The molecule has 1 aliphatic rings. The largest absolute Gasteiger partial charge is 0.493 e. The Balaban J connectivity index is 2.12. The van der Waals surface area contributed by atoms with E-state index in [0.717, 1.165) is 29.4 Å². The molecule has 0 heterocycles. The summed E-state index contributed by atoms with van der Waals surface area (Å²) < 4.78 is 5.72. The second-order valence-electron chi connectivity index (χ2n) is 4.47. The highest BCUT2D eigenvalue weighted by Gasteiger charge is 2.22. The average molecular weight is 206 g/mol. The molecule has 1 atom stereocenters. The lowest BCUT2D eigenvalue weighted by molar-refractivity contribution is 0.190. The van der Waals surface area contributed by atoms with Gasteiger partial charge in [0.1, 0.15) is 5.75 Å². The number of aryl methyl sites for hydroxylation is 1. The lowest BCUT2D eigenvalue weighted by Gasteiger charge is -2.13. The summed E-state index contributed by atoms with van der Waals surface area (Å²) in [5.41, 5.74) is 2.06. The Morgan fingerprint density at radius 3 is 2.80 bits per heavy atom. The van der Waals surface area contributed by atoms with Crippen LogP contribution < -0.4 is 4.74 Å². The minimum atomic E-state index is -0.459. The van der Waals surface area contributed by atoms with E-state index in [4.69, 9.17) is 4.74 Å². The molecular weight excluding hydrogens is 188 g/mol. The predicted molar refractivity (Wildman–Crippen MR) is 60.0 cm³/mol. The molecule has 0 saturated heterocycles. The van der Waals surface area contributed by atoms with E-state index in [-0.39, 0.29) is 0 Å². The topological polar surface area (TPSA) is 29.5 Å². The van der Waals surface area contributed by atoms with E-state index < -0.39 is 6.10 Å². The first-order valence-electron chi connectivity index (χ1n) is 5.58. The predicted octanol–water partition coefficient (Wildman–Crippen LogP) is 2.84. The molecule has 1 N–H and O–H groups in total. The molecule has 1 aliphatic carbocycles. The maximum Gasteiger partial charge on any atom is 0.125 e. The summed E-state index contributed by atoms with van der Waals surface area (Å²) in [5.74, 6) is 1.58. The second kappa shape index (κ2) is 4.23. The molecule has 0 radical (unpaired) electrons. The maximum absolute atomic E-state index is 9.63. The zero-order valence-electron chi connectivity index (χ0n) is 9.36. The summed E-state index contributed by atoms with van der Waals surface area (Å²) in [6.07, 6.45) is 2.12. The molecule has 2 heteroatoms. The Labute approximate surface area is 90.9 Å². The first-order valence-corrected chi connectivity index (χ1v) is 5.58. The summed E-state index contributed by atoms with van der Waals surface area (Å²) >= 11 is 0. The Kier molecular flexibility index (Phi) is 2.96. The number of ether oxygens (including phenoxy) is 1. The molecule has 1 saturated carbocycles. The monoisotopic (exact) mass is 206 g/mol. The third-order valence-electron chi connectivity index (χ3n) is 2.79. The van der Waals surface area contributed by atoms with Crippen molar-refractivity contribution in [3.63, 3.8) is 0 Å². The molecule has 1 aromatic carbocycles. The molecule has 0 spiro atoms. The minimum absolute atomic E-state index is 0.459. The molecule has 0 aromatic heterocycles. The number of hydrogen-bond acceptors (Lipinski definition) is 2. The van der Waals surface area contributed by atoms with Crippen molar-refractivity contribution in [2.75, 3.05) is 6.61 Å². The molecular formula is C13H18O2. The van der Waals surface area contributed by atoms with E-state index >= 15 is 0 Å². The lowest BCUT2D eigenvalue weighted by Crippen LogP contribution is -2.03. The van der Waals surface area contributed by atoms with Gasteiger partial charge < -0.3 is 9.84 Å². The van der Waals surface area contributed by atoms with E-state index in [1.54, 1.807) is 6.92 Å². The smallest absolute Gasteiger partial charge is 0.125 e. The summed E-state index contributed by atoms with van der Waals surface area (Å²) in [5, 5.41) is 9.63. The van der Waals surface area contributed by atoms with Gasteiger partial charge in [-0.1, -0.05) is 11.6 Å². The standard InChI is InChI=1S/C13H18O2/c1-9-3-6-13(12(7-9)10(2)14)15-8-11-4-5-11/h3,6-7,10-11,14H,4-5,8H2,1-2H3/t10-/m1/s1. The van der Waals surface area contributed by atoms with E-state index in [2.05, 4.69) is 0 Å². The van der Waals surface area contributed by atoms with Gasteiger partial charge in [-0.2, -0.15) is 0 Å². The Morgan fingerprint density at radius 1 is 1.47 bits per heavy atom. The SMILES string of the molecule is Cc1ccc(OCC2CC2)c([C@@H](C)O)c1. The van der Waals surface area contributed by atoms with Crippen molar-refractivity contribution < 1.29 is 9.84 Å². The Hall–Kier alpha value is -1.02. The van der Waals surface area contributed by atoms with Gasteiger partial charge in [0.25, 0.3) is 0 Å². The van der Waals surface area contributed by atoms with Crippen molar-refractivity contribution in [3.8, 4) is 5.75 Å². The van der Waals surface area contributed by atoms with Crippen LogP contribution in [0.5, 0.6) is 5.75 Å². The molecule has 0 aliphatic heterocycles. The summed E-state index contributed by atoms with van der Waals surface area (Å²) in [6, 6.07) is 5.97. The summed E-state index contributed by atoms with van der Waals surface area (Å²) in [4.78, 5) is 0.